The lowest BCUT2D eigenvalue weighted by Crippen LogP contribution is -2.06. The molecule has 0 radical (unpaired) electrons. The van der Waals surface area contributed by atoms with Crippen LogP contribution in [-0.2, 0) is 6.18 Å². The standard InChI is InChI=1S/C14H7BrF4N2/c15-12-5-8-7-20-21(10-3-1-9(16)2-4-10)13(8)6-11(12)14(17,18)19/h1-7H. The molecule has 108 valence electrons. The second-order valence-electron chi connectivity index (χ2n) is 4.42. The molecule has 0 saturated heterocycles. The van der Waals surface area contributed by atoms with Gasteiger partial charge in [0.15, 0.2) is 0 Å². The number of nitrogens with zero attached hydrogens (tertiary/aromatic N) is 2. The van der Waals surface area contributed by atoms with E-state index in [1.165, 1.54) is 41.2 Å². The molecular formula is C14H7BrF4N2. The zero-order chi connectivity index (χ0) is 15.2. The van der Waals surface area contributed by atoms with Crippen molar-refractivity contribution >= 4 is 26.8 Å². The highest BCUT2D eigenvalue weighted by Gasteiger charge is 2.33. The molecule has 0 bridgehead atoms. The van der Waals surface area contributed by atoms with Crippen LogP contribution in [-0.4, -0.2) is 9.78 Å². The Balaban J connectivity index is 2.23. The fourth-order valence-electron chi connectivity index (χ4n) is 2.05. The number of fused-ring (bicyclic) bond motifs is 1. The molecular weight excluding hydrogens is 352 g/mol. The van der Waals surface area contributed by atoms with Crippen LogP contribution in [0.15, 0.2) is 47.1 Å². The van der Waals surface area contributed by atoms with E-state index in [-0.39, 0.29) is 4.47 Å². The predicted molar refractivity (Wildman–Crippen MR) is 73.7 cm³/mol. The Morgan fingerprint density at radius 3 is 2.33 bits per heavy atom. The first kappa shape index (κ1) is 14.1. The normalized spacial score (nSPS) is 12.0. The van der Waals surface area contributed by atoms with E-state index >= 15 is 0 Å². The largest absolute Gasteiger partial charge is 0.417 e. The van der Waals surface area contributed by atoms with Gasteiger partial charge in [0.1, 0.15) is 5.82 Å². The summed E-state index contributed by atoms with van der Waals surface area (Å²) in [5.41, 5.74) is 0.0119. The third-order valence-electron chi connectivity index (χ3n) is 3.03. The van der Waals surface area contributed by atoms with Crippen LogP contribution in [0.2, 0.25) is 0 Å². The van der Waals surface area contributed by atoms with Crippen molar-refractivity contribution in [3.8, 4) is 5.69 Å². The van der Waals surface area contributed by atoms with E-state index in [0.717, 1.165) is 6.07 Å². The quantitative estimate of drug-likeness (QED) is 0.563. The minimum atomic E-state index is -4.47. The molecule has 0 saturated carbocycles. The van der Waals surface area contributed by atoms with Crippen LogP contribution in [0.25, 0.3) is 16.6 Å². The molecule has 3 aromatic rings. The van der Waals surface area contributed by atoms with Gasteiger partial charge in [0.05, 0.1) is 23.0 Å². The first-order valence-electron chi connectivity index (χ1n) is 5.87. The Morgan fingerprint density at radius 1 is 1.05 bits per heavy atom. The third kappa shape index (κ3) is 2.53. The van der Waals surface area contributed by atoms with Crippen LogP contribution in [0.5, 0.6) is 0 Å². The molecule has 0 aliphatic rings. The van der Waals surface area contributed by atoms with Crippen molar-refractivity contribution in [1.29, 1.82) is 0 Å². The van der Waals surface area contributed by atoms with Crippen LogP contribution in [0.3, 0.4) is 0 Å². The number of halogens is 5. The van der Waals surface area contributed by atoms with Gasteiger partial charge in [-0.15, -0.1) is 0 Å². The van der Waals surface area contributed by atoms with Gasteiger partial charge in [0, 0.05) is 9.86 Å². The second kappa shape index (κ2) is 4.84. The van der Waals surface area contributed by atoms with Crippen LogP contribution >= 0.6 is 15.9 Å². The van der Waals surface area contributed by atoms with Gasteiger partial charge >= 0.3 is 6.18 Å². The highest BCUT2D eigenvalue weighted by Crippen LogP contribution is 2.37. The number of aromatic nitrogens is 2. The molecule has 0 aliphatic heterocycles. The van der Waals surface area contributed by atoms with Gasteiger partial charge < -0.3 is 0 Å². The lowest BCUT2D eigenvalue weighted by atomic mass is 10.1. The lowest BCUT2D eigenvalue weighted by Gasteiger charge is -2.10. The molecule has 0 fully saturated rings. The molecule has 2 nitrogen and oxygen atoms in total. The zero-order valence-corrected chi connectivity index (χ0v) is 11.9. The average molecular weight is 359 g/mol. The minimum Gasteiger partial charge on any atom is -0.233 e. The fraction of sp³-hybridized carbons (Fsp3) is 0.0714. The predicted octanol–water partition coefficient (Wildman–Crippen LogP) is 4.95. The molecule has 1 heterocycles. The molecule has 0 N–H and O–H groups in total. The van der Waals surface area contributed by atoms with E-state index < -0.39 is 17.6 Å². The molecule has 2 aromatic carbocycles. The number of benzene rings is 2. The Kier molecular flexibility index (Phi) is 3.24. The van der Waals surface area contributed by atoms with E-state index in [4.69, 9.17) is 0 Å². The topological polar surface area (TPSA) is 17.8 Å². The van der Waals surface area contributed by atoms with E-state index in [1.54, 1.807) is 0 Å². The highest BCUT2D eigenvalue weighted by molar-refractivity contribution is 9.10. The third-order valence-corrected chi connectivity index (χ3v) is 3.69. The summed E-state index contributed by atoms with van der Waals surface area (Å²) in [5, 5.41) is 4.62. The smallest absolute Gasteiger partial charge is 0.233 e. The maximum Gasteiger partial charge on any atom is 0.417 e. The van der Waals surface area contributed by atoms with Gasteiger partial charge in [-0.25, -0.2) is 9.07 Å². The molecule has 1 aromatic heterocycles. The lowest BCUT2D eigenvalue weighted by molar-refractivity contribution is -0.138. The zero-order valence-electron chi connectivity index (χ0n) is 10.3. The summed E-state index contributed by atoms with van der Waals surface area (Å²) in [4.78, 5) is 0. The summed E-state index contributed by atoms with van der Waals surface area (Å²) in [7, 11) is 0. The summed E-state index contributed by atoms with van der Waals surface area (Å²) in [6.45, 7) is 0. The molecule has 0 atom stereocenters. The maximum atomic E-state index is 13.0. The molecule has 0 amide bonds. The molecule has 7 heteroatoms. The summed E-state index contributed by atoms with van der Waals surface area (Å²) >= 11 is 2.92. The van der Waals surface area contributed by atoms with Gasteiger partial charge in [-0.05, 0) is 36.4 Å². The molecule has 21 heavy (non-hydrogen) atoms. The Labute approximate surface area is 125 Å². The van der Waals surface area contributed by atoms with Gasteiger partial charge in [0.2, 0.25) is 0 Å². The van der Waals surface area contributed by atoms with E-state index in [0.29, 0.717) is 16.6 Å². The molecule has 0 aliphatic carbocycles. The van der Waals surface area contributed by atoms with Gasteiger partial charge in [-0.1, -0.05) is 15.9 Å². The summed E-state index contributed by atoms with van der Waals surface area (Å²) in [5.74, 6) is -0.422. The molecule has 0 spiro atoms. The van der Waals surface area contributed by atoms with Crippen LogP contribution < -0.4 is 0 Å². The van der Waals surface area contributed by atoms with Crippen molar-refractivity contribution in [2.24, 2.45) is 0 Å². The molecule has 0 unspecified atom stereocenters. The number of rotatable bonds is 1. The highest BCUT2D eigenvalue weighted by atomic mass is 79.9. The van der Waals surface area contributed by atoms with Gasteiger partial charge in [-0.3, -0.25) is 0 Å². The maximum absolute atomic E-state index is 13.0. The van der Waals surface area contributed by atoms with Crippen molar-refractivity contribution in [1.82, 2.24) is 9.78 Å². The van der Waals surface area contributed by atoms with E-state index in [9.17, 15) is 17.6 Å². The summed E-state index contributed by atoms with van der Waals surface area (Å²) in [6.07, 6.45) is -3.01. The number of hydrogen-bond donors (Lipinski definition) is 0. The number of hydrogen-bond acceptors (Lipinski definition) is 1. The Bertz CT molecular complexity index is 806. The number of alkyl halides is 3. The van der Waals surface area contributed by atoms with Crippen LogP contribution in [0.1, 0.15) is 5.56 Å². The fourth-order valence-corrected chi connectivity index (χ4v) is 2.64. The summed E-state index contributed by atoms with van der Waals surface area (Å²) < 4.78 is 53.1. The van der Waals surface area contributed by atoms with Crippen molar-refractivity contribution in [2.75, 3.05) is 0 Å². The second-order valence-corrected chi connectivity index (χ2v) is 5.28. The van der Waals surface area contributed by atoms with Crippen molar-refractivity contribution in [3.63, 3.8) is 0 Å². The van der Waals surface area contributed by atoms with Crippen LogP contribution in [0.4, 0.5) is 17.6 Å². The van der Waals surface area contributed by atoms with E-state index in [1.807, 2.05) is 0 Å². The van der Waals surface area contributed by atoms with Crippen LogP contribution in [0, 0.1) is 5.82 Å². The SMILES string of the molecule is Fc1ccc(-n2ncc3cc(Br)c(C(F)(F)F)cc32)cc1. The van der Waals surface area contributed by atoms with Gasteiger partial charge in [0.25, 0.3) is 0 Å². The van der Waals surface area contributed by atoms with Crippen molar-refractivity contribution in [3.05, 3.63) is 58.4 Å². The molecule has 3 rings (SSSR count). The monoisotopic (exact) mass is 358 g/mol. The van der Waals surface area contributed by atoms with E-state index in [2.05, 4.69) is 21.0 Å². The average Bonchev–Trinajstić information content (AvgIpc) is 2.80. The van der Waals surface area contributed by atoms with Gasteiger partial charge in [-0.2, -0.15) is 18.3 Å². The Morgan fingerprint density at radius 2 is 1.71 bits per heavy atom. The van der Waals surface area contributed by atoms with Crippen molar-refractivity contribution < 1.29 is 17.6 Å². The minimum absolute atomic E-state index is 0.0406. The first-order valence-corrected chi connectivity index (χ1v) is 6.66. The Hall–Kier alpha value is -1.89. The van der Waals surface area contributed by atoms with Crippen molar-refractivity contribution in [2.45, 2.75) is 6.18 Å². The first-order chi connectivity index (χ1) is 9.86. The summed E-state index contributed by atoms with van der Waals surface area (Å²) in [6, 6.07) is 7.76.